The van der Waals surface area contributed by atoms with Crippen molar-refractivity contribution in [2.24, 2.45) is 27.3 Å². The first-order valence-corrected chi connectivity index (χ1v) is 47.6. The average Bonchev–Trinajstić information content (AvgIpc) is 1.13. The first kappa shape index (κ1) is 120. The second-order valence-corrected chi connectivity index (χ2v) is 46.1. The van der Waals surface area contributed by atoms with Crippen LogP contribution in [-0.4, -0.2) is 169 Å². The van der Waals surface area contributed by atoms with Gasteiger partial charge < -0.3 is 62.9 Å². The zero-order valence-corrected chi connectivity index (χ0v) is 85.0. The van der Waals surface area contributed by atoms with Gasteiger partial charge in [-0.25, -0.2) is 40.4 Å². The summed E-state index contributed by atoms with van der Waals surface area (Å²) < 4.78 is 78.3. The van der Waals surface area contributed by atoms with E-state index in [0.717, 1.165) is 77.5 Å². The first-order chi connectivity index (χ1) is 55.0. The molecule has 0 aliphatic heterocycles. The number of carboxylic acid groups (broad SMARTS) is 1. The summed E-state index contributed by atoms with van der Waals surface area (Å²) in [5.41, 5.74) is 11.9. The Kier molecular flexibility index (Phi) is 58.5. The van der Waals surface area contributed by atoms with Crippen LogP contribution >= 0.6 is 0 Å². The summed E-state index contributed by atoms with van der Waals surface area (Å²) in [7, 11) is -3.23. The number of aryl methyl sites for hydroxylation is 1. The van der Waals surface area contributed by atoms with E-state index in [4.69, 9.17) is 36.0 Å². The molecule has 122 heavy (non-hydrogen) atoms. The molecule has 3 aliphatic carbocycles. The van der Waals surface area contributed by atoms with Gasteiger partial charge in [0.25, 0.3) is 0 Å². The third kappa shape index (κ3) is 54.3. The Morgan fingerprint density at radius 1 is 0.656 bits per heavy atom. The second-order valence-electron chi connectivity index (χ2n) is 35.4. The molecule has 3 aromatic carbocycles. The summed E-state index contributed by atoms with van der Waals surface area (Å²) in [5, 5.41) is 53.4. The smallest absolute Gasteiger partial charge is 1.00 e. The number of nitrogens with one attached hydrogen (secondary N) is 2. The van der Waals surface area contributed by atoms with Crippen molar-refractivity contribution in [1.82, 2.24) is 34.8 Å². The number of alkyl carbamates (subject to hydrolysis) is 1. The van der Waals surface area contributed by atoms with Gasteiger partial charge >= 0.3 is 35.1 Å². The van der Waals surface area contributed by atoms with E-state index in [0.29, 0.717) is 29.4 Å². The van der Waals surface area contributed by atoms with Gasteiger partial charge in [-0.05, 0) is 279 Å². The minimum absolute atomic E-state index is 0. The van der Waals surface area contributed by atoms with Crippen molar-refractivity contribution < 1.29 is 105 Å². The number of nitrogens with two attached hydrogens (primary N) is 2. The van der Waals surface area contributed by atoms with Crippen LogP contribution < -0.4 is 42.5 Å². The predicted molar refractivity (Wildman–Crippen MR) is 493 cm³/mol. The number of Topliss-reactive ketones (excluding diaryl/α,β-unsaturated/α-hetero) is 1. The van der Waals surface area contributed by atoms with Crippen LogP contribution in [0, 0.1) is 42.4 Å². The molecular weight excluding hydrogens is 1740 g/mol. The molecule has 11 N–H and O–H groups in total. The number of carbonyl (C=O) groups is 3. The molecule has 3 fully saturated rings. The predicted octanol–water partition coefficient (Wildman–Crippen LogP) is 14.6. The molecule has 2 unspecified atom stereocenters. The maximum absolute atomic E-state index is 13.8. The summed E-state index contributed by atoms with van der Waals surface area (Å²) in [4.78, 5) is 46.9. The molecule has 4 heterocycles. The van der Waals surface area contributed by atoms with E-state index in [9.17, 15) is 40.9 Å². The van der Waals surface area contributed by atoms with Gasteiger partial charge in [0.05, 0.1) is 64.5 Å². The summed E-state index contributed by atoms with van der Waals surface area (Å²) >= 11 is 0. The van der Waals surface area contributed by atoms with Crippen molar-refractivity contribution in [1.29, 1.82) is 0 Å². The van der Waals surface area contributed by atoms with Gasteiger partial charge in [-0.2, -0.15) is 27.7 Å². The number of hydrogen-bond donors (Lipinski definition) is 9. The van der Waals surface area contributed by atoms with Crippen molar-refractivity contribution in [3.05, 3.63) is 197 Å². The van der Waals surface area contributed by atoms with Crippen LogP contribution in [0.4, 0.5) is 25.0 Å². The third-order valence-corrected chi connectivity index (χ3v) is 23.1. The minimum Gasteiger partial charge on any atom is -1.00 e. The van der Waals surface area contributed by atoms with E-state index in [1.54, 1.807) is 157 Å². The fourth-order valence-corrected chi connectivity index (χ4v) is 12.0. The zero-order chi connectivity index (χ0) is 91.0. The number of amides is 1. The number of rotatable bonds is 22. The van der Waals surface area contributed by atoms with Gasteiger partial charge in [-0.1, -0.05) is 88.5 Å². The van der Waals surface area contributed by atoms with Gasteiger partial charge in [0.15, 0.2) is 11.5 Å². The molecule has 7 aromatic rings. The van der Waals surface area contributed by atoms with Crippen molar-refractivity contribution in [2.45, 2.75) is 298 Å². The number of aromatic nitrogens is 5. The molecular formula is C90H142BrF2MgN11O12S3SiTi. The Morgan fingerprint density at radius 2 is 1.13 bits per heavy atom. The monoisotopic (exact) mass is 1880 g/mol. The Balaban J connectivity index is -0.00000138. The summed E-state index contributed by atoms with van der Waals surface area (Å²) in [6.45, 7) is 44.9. The SMILES string of the molecule is CC(C)(C)S(=O)N=C(CCC1CC1)c1cccnc1.CC(C)(C)[S@@](N)=O.CC(C)(C)[S@](=O)NC(CCC1CC1)(c1cccnc1)c1ccc(F)c(N)c1.CC(C)O.CC(C)O.CC(C)O.CC(C)O.CN(c1c[c-]ccc1F)[Si](C)(C)C.Cc1cc(C(=O)O)n(-c2cccc(CNC(=O)OC(C)(C)C)c2)n1.O=C(CCC1CC1)c1cccnc1.[Br-].[Mg+2].[Ti]. The molecule has 0 bridgehead atoms. The van der Waals surface area contributed by atoms with Gasteiger partial charge in [-0.3, -0.25) is 24.9 Å². The molecule has 3 saturated carbocycles. The molecule has 1 amide bonds. The van der Waals surface area contributed by atoms with E-state index < -0.39 is 75.0 Å². The van der Waals surface area contributed by atoms with E-state index >= 15 is 0 Å². The van der Waals surface area contributed by atoms with E-state index in [-0.39, 0.29) is 125 Å². The van der Waals surface area contributed by atoms with Gasteiger partial charge in [0.1, 0.15) is 30.6 Å². The Hall–Kier alpha value is -5.75. The summed E-state index contributed by atoms with van der Waals surface area (Å²) in [6.07, 6.45) is 22.6. The normalized spacial score (nSPS) is 14.1. The van der Waals surface area contributed by atoms with Crippen LogP contribution in [-0.2, 0) is 71.5 Å². The number of aliphatic hydroxyl groups excluding tert-OH is 4. The number of pyridine rings is 3. The fraction of sp³-hybridized carbons (Fsp3) is 0.556. The van der Waals surface area contributed by atoms with Crippen LogP contribution in [0.15, 0.2) is 145 Å². The van der Waals surface area contributed by atoms with Crippen LogP contribution in [0.2, 0.25) is 19.6 Å². The zero-order valence-electron chi connectivity index (χ0n) is 77.0. The van der Waals surface area contributed by atoms with Gasteiger partial charge in [0, 0.05) is 113 Å². The molecule has 23 nitrogen and oxygen atoms in total. The largest absolute Gasteiger partial charge is 2.00 e. The fourth-order valence-electron chi connectivity index (χ4n) is 9.52. The van der Waals surface area contributed by atoms with Crippen LogP contribution in [0.5, 0.6) is 0 Å². The van der Waals surface area contributed by atoms with Crippen molar-refractivity contribution >= 4 is 99.2 Å². The Bertz CT molecular complexity index is 4190. The summed E-state index contributed by atoms with van der Waals surface area (Å²) in [6, 6.07) is 32.5. The number of benzene rings is 3. The number of nitrogen functional groups attached to an aromatic ring is 1. The van der Waals surface area contributed by atoms with E-state index in [1.165, 1.54) is 61.4 Å². The molecule has 0 radical (unpaired) electrons. The third-order valence-electron chi connectivity index (χ3n) is 16.6. The van der Waals surface area contributed by atoms with Gasteiger partial charge in [-0.15, -0.1) is 6.07 Å². The molecule has 4 atom stereocenters. The average molecular weight is 1880 g/mol. The topological polar surface area (TPSA) is 361 Å². The number of hydrogen-bond acceptors (Lipinski definition) is 17. The minimum atomic E-state index is -1.46. The molecule has 0 saturated heterocycles. The van der Waals surface area contributed by atoms with E-state index in [1.807, 2.05) is 123 Å². The first-order valence-electron chi connectivity index (χ1n) is 40.6. The Labute approximate surface area is 778 Å². The molecule has 678 valence electrons. The number of nitrogens with zero attached hydrogens (tertiary/aromatic N) is 7. The number of anilines is 2. The standard InChI is InChI=1S/C21H28FN3OS.C17H21N3O4.C15H22N2OS.C11H13NO.C10H15FNSi.C4H11NOS.4C3H8O.BrH.Mg.Ti/c1-20(2,3)27(26)25-21(11-10-15-6-7-15,17-5-4-12-24-14-17)16-8-9-18(22)19(23)13-16;1-11-8-14(15(21)22)20(19-11)13-7-5-6-12(9-13)10-18-16(23)24-17(2,3)4;1-15(2,3)19(18)17-14(9-8-12-6-7-12)13-5-4-10-16-11-13;13-11(6-5-9-3-4-9)10-2-1-7-12-8-10;1-12(13(2,3)4)10-8-6-5-7-9(10)11;1-4(2,3)7(5)6;4*1-3(2)4;;;/h4-5,8-9,12-15,25H,6-7,10-11,23H2,1-3H3;5-9H,10H2,1-4H3,(H,18,23)(H,21,22);4-5,10-12H,6-9H2,1-3H3;1-2,7-9H,3-6H2;5,7-8H,1-4H3;5H2,1-3H3;4*3-4H,1-2H3;1H;;/q;;;;-1;;;;;;;+2;/p-1/t21?,27-;;;;;7-;;;;;;;/m0....0......./s1. The number of aliphatic hydroxyl groups is 4. The number of halogens is 3. The van der Waals surface area contributed by atoms with Crippen molar-refractivity contribution in [3.8, 4) is 5.69 Å². The summed E-state index contributed by atoms with van der Waals surface area (Å²) in [5.74, 6) is 0.962. The Morgan fingerprint density at radius 3 is 1.54 bits per heavy atom. The van der Waals surface area contributed by atoms with Crippen molar-refractivity contribution in [2.75, 3.05) is 17.3 Å². The number of carbonyl (C=O) groups excluding carboxylic acids is 2. The molecule has 0 spiro atoms. The molecule has 32 heteroatoms. The molecule has 10 rings (SSSR count). The van der Waals surface area contributed by atoms with E-state index in [2.05, 4.69) is 60.2 Å². The number of ether oxygens (including phenoxy) is 1. The maximum atomic E-state index is 13.8. The quantitative estimate of drug-likeness (QED) is 0.0100. The van der Waals surface area contributed by atoms with Crippen molar-refractivity contribution in [3.63, 3.8) is 0 Å². The van der Waals surface area contributed by atoms with Crippen LogP contribution in [0.3, 0.4) is 0 Å². The van der Waals surface area contributed by atoms with Crippen LogP contribution in [0.25, 0.3) is 5.69 Å². The maximum Gasteiger partial charge on any atom is 2.00 e. The number of ketones is 1. The van der Waals surface area contributed by atoms with Gasteiger partial charge in [0.2, 0.25) is 0 Å². The number of aromatic carboxylic acids is 1. The number of carboxylic acids is 1. The molecule has 3 aliphatic rings. The van der Waals surface area contributed by atoms with Crippen LogP contribution in [0.1, 0.15) is 264 Å². The second kappa shape index (κ2) is 59.3. The molecule has 4 aromatic heterocycles.